The summed E-state index contributed by atoms with van der Waals surface area (Å²) in [5, 5.41) is 4.11. The molecule has 0 saturated carbocycles. The van der Waals surface area contributed by atoms with Crippen LogP contribution in [0.5, 0.6) is 5.75 Å². The van der Waals surface area contributed by atoms with E-state index in [1.807, 2.05) is 12.1 Å². The number of nitrogens with one attached hydrogen (secondary N) is 1. The fourth-order valence-corrected chi connectivity index (χ4v) is 4.22. The number of ether oxygens (including phenoxy) is 1. The smallest absolute Gasteiger partial charge is 0.220 e. The van der Waals surface area contributed by atoms with Crippen molar-refractivity contribution in [2.75, 3.05) is 31.6 Å². The first kappa shape index (κ1) is 16.2. The molecule has 1 amide bonds. The number of fused-ring (bicyclic) bond motifs is 1. The largest absolute Gasteiger partial charge is 0.494 e. The van der Waals surface area contributed by atoms with Gasteiger partial charge in [-0.15, -0.1) is 0 Å². The topological polar surface area (TPSA) is 54.5 Å². The predicted octanol–water partition coefficient (Wildman–Crippen LogP) is 3.13. The summed E-state index contributed by atoms with van der Waals surface area (Å²) in [5.74, 6) is 2.05. The van der Waals surface area contributed by atoms with Crippen LogP contribution < -0.4 is 15.0 Å². The van der Waals surface area contributed by atoms with Gasteiger partial charge in [0.05, 0.1) is 7.11 Å². The second-order valence-electron chi connectivity index (χ2n) is 7.29. The Morgan fingerprint density at radius 2 is 1.96 bits per heavy atom. The van der Waals surface area contributed by atoms with E-state index in [-0.39, 0.29) is 5.91 Å². The van der Waals surface area contributed by atoms with Gasteiger partial charge in [-0.3, -0.25) is 4.79 Å². The maximum Gasteiger partial charge on any atom is 0.220 e. The van der Waals surface area contributed by atoms with Gasteiger partial charge in [0.2, 0.25) is 5.91 Å². The van der Waals surface area contributed by atoms with Crippen molar-refractivity contribution in [2.24, 2.45) is 5.41 Å². The molecule has 132 valence electrons. The average molecular weight is 339 g/mol. The number of carbonyl (C=O) groups is 1. The molecule has 1 N–H and O–H groups in total. The molecule has 1 aromatic carbocycles. The highest BCUT2D eigenvalue weighted by atomic mass is 16.5. The fourth-order valence-electron chi connectivity index (χ4n) is 4.22. The van der Waals surface area contributed by atoms with Crippen molar-refractivity contribution in [1.29, 1.82) is 0 Å². The normalized spacial score (nSPS) is 20.4. The summed E-state index contributed by atoms with van der Waals surface area (Å²) in [6.45, 7) is 2.83. The number of methoxy groups -OCH3 is 1. The number of anilines is 1. The lowest BCUT2D eigenvalue weighted by atomic mass is 9.73. The Bertz CT molecular complexity index is 782. The molecule has 0 atom stereocenters. The SMILES string of the molecule is COc1cccc2ccc(N3CCC4(CCNC(=O)CC4)CC3)nc12. The fraction of sp³-hybridized carbons (Fsp3) is 0.500. The standard InChI is InChI=1S/C20H25N3O2/c1-25-16-4-2-3-15-5-6-17(22-19(15)16)23-13-10-20(11-14-23)8-7-18(24)21-12-9-20/h2-6H,7-14H2,1H3,(H,21,24). The van der Waals surface area contributed by atoms with E-state index in [2.05, 4.69) is 28.4 Å². The lowest BCUT2D eigenvalue weighted by molar-refractivity contribution is -0.120. The van der Waals surface area contributed by atoms with E-state index >= 15 is 0 Å². The maximum absolute atomic E-state index is 11.6. The van der Waals surface area contributed by atoms with E-state index in [9.17, 15) is 4.79 Å². The van der Waals surface area contributed by atoms with Gasteiger partial charge >= 0.3 is 0 Å². The number of hydrogen-bond acceptors (Lipinski definition) is 4. The van der Waals surface area contributed by atoms with Crippen LogP contribution >= 0.6 is 0 Å². The third-order valence-electron chi connectivity index (χ3n) is 5.90. The minimum atomic E-state index is 0.211. The van der Waals surface area contributed by atoms with Crippen LogP contribution in [0.2, 0.25) is 0 Å². The van der Waals surface area contributed by atoms with Crippen LogP contribution in [-0.2, 0) is 4.79 Å². The molecule has 0 unspecified atom stereocenters. The Balaban J connectivity index is 1.52. The van der Waals surface area contributed by atoms with Crippen molar-refractivity contribution >= 4 is 22.6 Å². The monoisotopic (exact) mass is 339 g/mol. The molecular weight excluding hydrogens is 314 g/mol. The van der Waals surface area contributed by atoms with Gasteiger partial charge in [0, 0.05) is 31.4 Å². The van der Waals surface area contributed by atoms with Gasteiger partial charge in [0.15, 0.2) is 0 Å². The van der Waals surface area contributed by atoms with E-state index in [4.69, 9.17) is 9.72 Å². The van der Waals surface area contributed by atoms with Gasteiger partial charge in [-0.1, -0.05) is 12.1 Å². The molecule has 0 aliphatic carbocycles. The summed E-state index contributed by atoms with van der Waals surface area (Å²) >= 11 is 0. The quantitative estimate of drug-likeness (QED) is 0.913. The molecule has 3 heterocycles. The van der Waals surface area contributed by atoms with Crippen LogP contribution in [-0.4, -0.2) is 37.6 Å². The van der Waals surface area contributed by atoms with Crippen LogP contribution in [0, 0.1) is 5.41 Å². The number of piperidine rings is 1. The second kappa shape index (κ2) is 6.54. The van der Waals surface area contributed by atoms with Gasteiger partial charge in [0.25, 0.3) is 0 Å². The number of amides is 1. The summed E-state index contributed by atoms with van der Waals surface area (Å²) < 4.78 is 5.46. The molecule has 2 aromatic rings. The molecule has 25 heavy (non-hydrogen) atoms. The highest BCUT2D eigenvalue weighted by molar-refractivity contribution is 5.86. The minimum Gasteiger partial charge on any atom is -0.494 e. The summed E-state index contributed by atoms with van der Waals surface area (Å²) in [6, 6.07) is 10.3. The molecule has 1 spiro atoms. The first-order chi connectivity index (χ1) is 12.2. The number of rotatable bonds is 2. The Labute approximate surface area is 148 Å². The lowest BCUT2D eigenvalue weighted by Crippen LogP contribution is -2.41. The Kier molecular flexibility index (Phi) is 4.24. The number of aromatic nitrogens is 1. The molecule has 5 nitrogen and oxygen atoms in total. The van der Waals surface area contributed by atoms with Crippen LogP contribution in [0.3, 0.4) is 0 Å². The third-order valence-corrected chi connectivity index (χ3v) is 5.90. The molecule has 2 aliphatic rings. The van der Waals surface area contributed by atoms with Crippen LogP contribution in [0.4, 0.5) is 5.82 Å². The highest BCUT2D eigenvalue weighted by Crippen LogP contribution is 2.41. The van der Waals surface area contributed by atoms with E-state index in [1.165, 1.54) is 0 Å². The minimum absolute atomic E-state index is 0.211. The van der Waals surface area contributed by atoms with Crippen molar-refractivity contribution in [3.8, 4) is 5.75 Å². The van der Waals surface area contributed by atoms with E-state index in [1.54, 1.807) is 7.11 Å². The molecule has 0 bridgehead atoms. The summed E-state index contributed by atoms with van der Waals surface area (Å²) in [6.07, 6.45) is 5.06. The van der Waals surface area contributed by atoms with Crippen LogP contribution in [0.25, 0.3) is 10.9 Å². The molecule has 0 radical (unpaired) electrons. The molecule has 2 aliphatic heterocycles. The zero-order valence-electron chi connectivity index (χ0n) is 14.8. The maximum atomic E-state index is 11.6. The zero-order valence-corrected chi connectivity index (χ0v) is 14.8. The van der Waals surface area contributed by atoms with Gasteiger partial charge in [-0.25, -0.2) is 4.98 Å². The number of pyridine rings is 1. The number of carbonyl (C=O) groups excluding carboxylic acids is 1. The van der Waals surface area contributed by atoms with E-state index in [0.29, 0.717) is 11.8 Å². The number of nitrogens with zero attached hydrogens (tertiary/aromatic N) is 2. The molecule has 2 fully saturated rings. The van der Waals surface area contributed by atoms with E-state index in [0.717, 1.165) is 67.8 Å². The second-order valence-corrected chi connectivity index (χ2v) is 7.29. The summed E-state index contributed by atoms with van der Waals surface area (Å²) in [4.78, 5) is 18.9. The van der Waals surface area contributed by atoms with Crippen LogP contribution in [0.1, 0.15) is 32.1 Å². The first-order valence-electron chi connectivity index (χ1n) is 9.15. The van der Waals surface area contributed by atoms with Crippen LogP contribution in [0.15, 0.2) is 30.3 Å². The summed E-state index contributed by atoms with van der Waals surface area (Å²) in [7, 11) is 1.69. The molecule has 4 rings (SSSR count). The number of para-hydroxylation sites is 1. The highest BCUT2D eigenvalue weighted by Gasteiger charge is 2.36. The zero-order chi connectivity index (χ0) is 17.3. The molecule has 2 saturated heterocycles. The van der Waals surface area contributed by atoms with Crippen molar-refractivity contribution < 1.29 is 9.53 Å². The number of benzene rings is 1. The average Bonchev–Trinajstić information content (AvgIpc) is 2.83. The van der Waals surface area contributed by atoms with Crippen molar-refractivity contribution in [3.63, 3.8) is 0 Å². The summed E-state index contributed by atoms with van der Waals surface area (Å²) in [5.41, 5.74) is 1.25. The number of hydrogen-bond donors (Lipinski definition) is 1. The van der Waals surface area contributed by atoms with Gasteiger partial charge in [-0.2, -0.15) is 0 Å². The Morgan fingerprint density at radius 1 is 1.12 bits per heavy atom. The molecular formula is C20H25N3O2. The van der Waals surface area contributed by atoms with Gasteiger partial charge in [0.1, 0.15) is 17.1 Å². The van der Waals surface area contributed by atoms with Crippen molar-refractivity contribution in [1.82, 2.24) is 10.3 Å². The predicted molar refractivity (Wildman–Crippen MR) is 99.0 cm³/mol. The Hall–Kier alpha value is -2.30. The van der Waals surface area contributed by atoms with Gasteiger partial charge in [-0.05, 0) is 49.3 Å². The molecule has 1 aromatic heterocycles. The van der Waals surface area contributed by atoms with E-state index < -0.39 is 0 Å². The molecule has 5 heteroatoms. The third kappa shape index (κ3) is 3.15. The van der Waals surface area contributed by atoms with Crippen molar-refractivity contribution in [2.45, 2.75) is 32.1 Å². The lowest BCUT2D eigenvalue weighted by Gasteiger charge is -2.41. The first-order valence-corrected chi connectivity index (χ1v) is 9.15. The van der Waals surface area contributed by atoms with Gasteiger partial charge < -0.3 is 15.0 Å². The Morgan fingerprint density at radius 3 is 2.76 bits per heavy atom. The van der Waals surface area contributed by atoms with Crippen molar-refractivity contribution in [3.05, 3.63) is 30.3 Å².